The molecule has 25 heavy (non-hydrogen) atoms. The van der Waals surface area contributed by atoms with Crippen LogP contribution >= 0.6 is 11.3 Å². The maximum absolute atomic E-state index is 12.6. The van der Waals surface area contributed by atoms with Gasteiger partial charge in [-0.1, -0.05) is 11.2 Å². The molecule has 0 aliphatic heterocycles. The van der Waals surface area contributed by atoms with E-state index in [1.54, 1.807) is 16.2 Å². The standard InChI is InChI=1S/C19H21N3O2S/c1-4-22(16-10-13(2)9-14(3)11-16)18(23)6-5-17-20-19(21-24-17)15-7-8-25-12-15/h7-12H,4-6H2,1-3H3. The van der Waals surface area contributed by atoms with Gasteiger partial charge in [0, 0.05) is 36.0 Å². The second kappa shape index (κ2) is 7.61. The highest BCUT2D eigenvalue weighted by atomic mass is 32.1. The molecule has 2 heterocycles. The van der Waals surface area contributed by atoms with E-state index in [0.717, 1.165) is 22.4 Å². The van der Waals surface area contributed by atoms with E-state index < -0.39 is 0 Å². The summed E-state index contributed by atoms with van der Waals surface area (Å²) in [7, 11) is 0. The molecule has 0 aliphatic rings. The fourth-order valence-corrected chi connectivity index (χ4v) is 3.46. The zero-order chi connectivity index (χ0) is 17.8. The van der Waals surface area contributed by atoms with Gasteiger partial charge < -0.3 is 9.42 Å². The number of nitrogens with zero attached hydrogens (tertiary/aromatic N) is 3. The zero-order valence-electron chi connectivity index (χ0n) is 14.7. The molecule has 0 spiro atoms. The Kier molecular flexibility index (Phi) is 5.28. The second-order valence-corrected chi connectivity index (χ2v) is 6.79. The number of carbonyl (C=O) groups is 1. The average molecular weight is 355 g/mol. The number of benzene rings is 1. The molecule has 0 N–H and O–H groups in total. The molecule has 3 aromatic rings. The molecule has 0 bridgehead atoms. The quantitative estimate of drug-likeness (QED) is 0.657. The van der Waals surface area contributed by atoms with Crippen LogP contribution in [-0.4, -0.2) is 22.6 Å². The second-order valence-electron chi connectivity index (χ2n) is 6.01. The van der Waals surface area contributed by atoms with E-state index >= 15 is 0 Å². The van der Waals surface area contributed by atoms with E-state index in [1.165, 1.54) is 0 Å². The molecule has 6 heteroatoms. The molecule has 5 nitrogen and oxygen atoms in total. The third-order valence-electron chi connectivity index (χ3n) is 3.94. The van der Waals surface area contributed by atoms with E-state index in [4.69, 9.17) is 4.52 Å². The minimum Gasteiger partial charge on any atom is -0.339 e. The summed E-state index contributed by atoms with van der Waals surface area (Å²) in [6.07, 6.45) is 0.781. The number of rotatable bonds is 6. The highest BCUT2D eigenvalue weighted by molar-refractivity contribution is 7.08. The van der Waals surface area contributed by atoms with Crippen molar-refractivity contribution in [3.8, 4) is 11.4 Å². The van der Waals surface area contributed by atoms with Crippen LogP contribution in [-0.2, 0) is 11.2 Å². The lowest BCUT2D eigenvalue weighted by atomic mass is 10.1. The van der Waals surface area contributed by atoms with Gasteiger partial charge in [0.15, 0.2) is 0 Å². The van der Waals surface area contributed by atoms with Gasteiger partial charge in [0.1, 0.15) is 0 Å². The van der Waals surface area contributed by atoms with Crippen LogP contribution in [0.5, 0.6) is 0 Å². The minimum absolute atomic E-state index is 0.0581. The molecular weight excluding hydrogens is 334 g/mol. The van der Waals surface area contributed by atoms with Crippen LogP contribution in [0.1, 0.15) is 30.4 Å². The van der Waals surface area contributed by atoms with Crippen molar-refractivity contribution in [1.29, 1.82) is 0 Å². The van der Waals surface area contributed by atoms with Gasteiger partial charge in [-0.05, 0) is 55.5 Å². The smallest absolute Gasteiger partial charge is 0.227 e. The van der Waals surface area contributed by atoms with E-state index in [-0.39, 0.29) is 5.91 Å². The number of aromatic nitrogens is 2. The van der Waals surface area contributed by atoms with Gasteiger partial charge in [-0.15, -0.1) is 0 Å². The summed E-state index contributed by atoms with van der Waals surface area (Å²) in [5, 5.41) is 7.92. The number of amides is 1. The number of aryl methyl sites for hydroxylation is 3. The van der Waals surface area contributed by atoms with Crippen molar-refractivity contribution in [2.24, 2.45) is 0 Å². The van der Waals surface area contributed by atoms with Crippen molar-refractivity contribution in [3.63, 3.8) is 0 Å². The highest BCUT2D eigenvalue weighted by Gasteiger charge is 2.17. The third-order valence-corrected chi connectivity index (χ3v) is 4.62. The van der Waals surface area contributed by atoms with E-state index in [2.05, 4.69) is 16.2 Å². The first-order chi connectivity index (χ1) is 12.1. The maximum Gasteiger partial charge on any atom is 0.227 e. The van der Waals surface area contributed by atoms with Crippen molar-refractivity contribution in [3.05, 3.63) is 52.0 Å². The predicted molar refractivity (Wildman–Crippen MR) is 99.9 cm³/mol. The summed E-state index contributed by atoms with van der Waals surface area (Å²) in [6.45, 7) is 6.70. The van der Waals surface area contributed by atoms with Gasteiger partial charge in [-0.3, -0.25) is 4.79 Å². The molecule has 0 saturated carbocycles. The van der Waals surface area contributed by atoms with E-state index in [0.29, 0.717) is 31.1 Å². The minimum atomic E-state index is 0.0581. The first-order valence-corrected chi connectivity index (χ1v) is 9.25. The Labute approximate surface area is 151 Å². The molecule has 1 amide bonds. The van der Waals surface area contributed by atoms with Crippen LogP contribution in [0.3, 0.4) is 0 Å². The number of anilines is 1. The van der Waals surface area contributed by atoms with Crippen molar-refractivity contribution in [1.82, 2.24) is 10.1 Å². The molecule has 130 valence electrons. The number of hydrogen-bond donors (Lipinski definition) is 0. The normalized spacial score (nSPS) is 10.8. The molecule has 1 aromatic carbocycles. The molecule has 0 fully saturated rings. The Hall–Kier alpha value is -2.47. The summed E-state index contributed by atoms with van der Waals surface area (Å²) >= 11 is 1.59. The molecule has 0 atom stereocenters. The van der Waals surface area contributed by atoms with Crippen LogP contribution in [0.25, 0.3) is 11.4 Å². The maximum atomic E-state index is 12.6. The Morgan fingerprint density at radius 3 is 2.64 bits per heavy atom. The Morgan fingerprint density at radius 2 is 2.00 bits per heavy atom. The lowest BCUT2D eigenvalue weighted by molar-refractivity contribution is -0.118. The highest BCUT2D eigenvalue weighted by Crippen LogP contribution is 2.21. The van der Waals surface area contributed by atoms with Gasteiger partial charge in [-0.2, -0.15) is 16.3 Å². The van der Waals surface area contributed by atoms with Gasteiger partial charge in [-0.25, -0.2) is 0 Å². The molecule has 0 aliphatic carbocycles. The lowest BCUT2D eigenvalue weighted by Crippen LogP contribution is -2.30. The average Bonchev–Trinajstić information content (AvgIpc) is 3.24. The lowest BCUT2D eigenvalue weighted by Gasteiger charge is -2.22. The summed E-state index contributed by atoms with van der Waals surface area (Å²) in [5.74, 6) is 1.12. The number of hydrogen-bond acceptors (Lipinski definition) is 5. The Bertz CT molecular complexity index is 835. The summed E-state index contributed by atoms with van der Waals surface area (Å²) in [4.78, 5) is 18.8. The molecule has 0 unspecified atom stereocenters. The van der Waals surface area contributed by atoms with Crippen LogP contribution < -0.4 is 4.90 Å². The largest absolute Gasteiger partial charge is 0.339 e. The fourth-order valence-electron chi connectivity index (χ4n) is 2.82. The Balaban J connectivity index is 1.66. The fraction of sp³-hybridized carbons (Fsp3) is 0.316. The van der Waals surface area contributed by atoms with Gasteiger partial charge >= 0.3 is 0 Å². The van der Waals surface area contributed by atoms with E-state index in [9.17, 15) is 4.79 Å². The molecule has 2 aromatic heterocycles. The number of thiophene rings is 1. The van der Waals surface area contributed by atoms with Crippen molar-refractivity contribution >= 4 is 22.9 Å². The molecular formula is C19H21N3O2S. The number of carbonyl (C=O) groups excluding carboxylic acids is 1. The summed E-state index contributed by atoms with van der Waals surface area (Å²) < 4.78 is 5.27. The third kappa shape index (κ3) is 4.14. The summed E-state index contributed by atoms with van der Waals surface area (Å²) in [5.41, 5.74) is 4.18. The van der Waals surface area contributed by atoms with Gasteiger partial charge in [0.2, 0.25) is 17.6 Å². The predicted octanol–water partition coefficient (Wildman–Crippen LogP) is 4.40. The van der Waals surface area contributed by atoms with Crippen molar-refractivity contribution in [2.75, 3.05) is 11.4 Å². The molecule has 0 radical (unpaired) electrons. The summed E-state index contributed by atoms with van der Waals surface area (Å²) in [6, 6.07) is 8.13. The van der Waals surface area contributed by atoms with Crippen LogP contribution in [0, 0.1) is 13.8 Å². The van der Waals surface area contributed by atoms with Crippen molar-refractivity contribution < 1.29 is 9.32 Å². The monoisotopic (exact) mass is 355 g/mol. The zero-order valence-corrected chi connectivity index (χ0v) is 15.5. The van der Waals surface area contributed by atoms with Gasteiger partial charge in [0.25, 0.3) is 0 Å². The van der Waals surface area contributed by atoms with Crippen molar-refractivity contribution in [2.45, 2.75) is 33.6 Å². The first kappa shape index (κ1) is 17.4. The Morgan fingerprint density at radius 1 is 1.24 bits per heavy atom. The topological polar surface area (TPSA) is 59.2 Å². The van der Waals surface area contributed by atoms with Crippen LogP contribution in [0.2, 0.25) is 0 Å². The molecule has 0 saturated heterocycles. The molecule has 3 rings (SSSR count). The van der Waals surface area contributed by atoms with Crippen LogP contribution in [0.4, 0.5) is 5.69 Å². The van der Waals surface area contributed by atoms with Crippen LogP contribution in [0.15, 0.2) is 39.5 Å². The SMILES string of the molecule is CCN(C(=O)CCc1nc(-c2ccsc2)no1)c1cc(C)cc(C)c1. The van der Waals surface area contributed by atoms with E-state index in [1.807, 2.05) is 49.7 Å². The van der Waals surface area contributed by atoms with Gasteiger partial charge in [0.05, 0.1) is 0 Å². The first-order valence-electron chi connectivity index (χ1n) is 8.30.